The van der Waals surface area contributed by atoms with Gasteiger partial charge in [-0.3, -0.25) is 0 Å². The van der Waals surface area contributed by atoms with Crippen molar-refractivity contribution in [1.29, 1.82) is 0 Å². The van der Waals surface area contributed by atoms with E-state index < -0.39 is 35.3 Å². The third-order valence-electron chi connectivity index (χ3n) is 5.60. The van der Waals surface area contributed by atoms with Crippen LogP contribution >= 0.6 is 0 Å². The Morgan fingerprint density at radius 1 is 1.16 bits per heavy atom. The summed E-state index contributed by atoms with van der Waals surface area (Å²) in [5.41, 5.74) is -1.42. The molecule has 208 valence electrons. The average molecular weight is 542 g/mol. The minimum Gasteiger partial charge on any atom is -0.450 e. The van der Waals surface area contributed by atoms with E-state index in [0.717, 1.165) is 12.1 Å². The molecule has 1 aliphatic heterocycles. The largest absolute Gasteiger partial charge is 0.450 e. The number of rotatable bonds is 7. The average Bonchev–Trinajstić information content (AvgIpc) is 3.29. The number of benzene rings is 1. The molecule has 38 heavy (non-hydrogen) atoms. The molecule has 1 aromatic carbocycles. The van der Waals surface area contributed by atoms with Gasteiger partial charge >= 0.3 is 18.4 Å². The molecule has 2 heterocycles. The van der Waals surface area contributed by atoms with Crippen LogP contribution in [0.1, 0.15) is 45.2 Å². The van der Waals surface area contributed by atoms with Crippen LogP contribution in [0.3, 0.4) is 0 Å². The van der Waals surface area contributed by atoms with Gasteiger partial charge in [0, 0.05) is 31.4 Å². The van der Waals surface area contributed by atoms with Crippen LogP contribution in [-0.2, 0) is 22.2 Å². The van der Waals surface area contributed by atoms with Gasteiger partial charge in [0.2, 0.25) is 0 Å². The Morgan fingerprint density at radius 2 is 1.89 bits per heavy atom. The number of nitrogens with zero attached hydrogens (tertiary/aromatic N) is 3. The molecule has 2 N–H and O–H groups in total. The molecule has 0 saturated carbocycles. The molecule has 1 unspecified atom stereocenters. The van der Waals surface area contributed by atoms with Gasteiger partial charge in [-0.05, 0) is 58.2 Å². The van der Waals surface area contributed by atoms with Crippen LogP contribution in [0.5, 0.6) is 0 Å². The molecule has 1 saturated heterocycles. The van der Waals surface area contributed by atoms with Crippen LogP contribution in [0.2, 0.25) is 0 Å². The van der Waals surface area contributed by atoms with E-state index in [1.807, 2.05) is 4.90 Å². The van der Waals surface area contributed by atoms with Gasteiger partial charge in [0.1, 0.15) is 17.2 Å². The Hall–Kier alpha value is -3.64. The van der Waals surface area contributed by atoms with E-state index in [1.165, 1.54) is 6.20 Å². The first-order valence-electron chi connectivity index (χ1n) is 12.1. The Kier molecular flexibility index (Phi) is 9.00. The fourth-order valence-electron chi connectivity index (χ4n) is 3.88. The number of alkyl halides is 3. The first kappa shape index (κ1) is 28.9. The quantitative estimate of drug-likeness (QED) is 0.481. The maximum Gasteiger partial charge on any atom is 0.416 e. The highest BCUT2D eigenvalue weighted by Crippen LogP contribution is 2.33. The summed E-state index contributed by atoms with van der Waals surface area (Å²) in [7, 11) is 0. The molecule has 1 aliphatic rings. The molecule has 1 atom stereocenters. The van der Waals surface area contributed by atoms with Crippen LogP contribution in [0.4, 0.5) is 33.0 Å². The molecule has 0 spiro atoms. The van der Waals surface area contributed by atoms with Crippen molar-refractivity contribution in [2.24, 2.45) is 5.92 Å². The van der Waals surface area contributed by atoms with Gasteiger partial charge in [0.15, 0.2) is 5.82 Å². The number of nitrogens with one attached hydrogen (secondary N) is 2. The molecule has 2 amide bonds. The summed E-state index contributed by atoms with van der Waals surface area (Å²) < 4.78 is 63.7. The molecule has 13 heteroatoms. The van der Waals surface area contributed by atoms with Crippen molar-refractivity contribution in [2.75, 3.05) is 31.1 Å². The SMILES string of the molecule is CCOC(=O)NCc1cnc(-c2ccc(C(F)(F)F)cc2F)nc1N1CCC(CNC(=O)OC(C)(C)C)C1. The Balaban J connectivity index is 1.83. The second-order valence-electron chi connectivity index (χ2n) is 9.79. The number of halogens is 4. The number of hydrogen-bond donors (Lipinski definition) is 2. The standard InChI is InChI=1S/C25H31F4N5O4/c1-5-37-22(35)32-13-16-12-30-20(18-7-6-17(10-19(18)26)25(27,28)29)33-21(16)34-9-8-15(14-34)11-31-23(36)38-24(2,3)4/h6-7,10,12,15H,5,8-9,11,13-14H2,1-4H3,(H,31,36)(H,32,35). The lowest BCUT2D eigenvalue weighted by atomic mass is 10.1. The van der Waals surface area contributed by atoms with Crippen molar-refractivity contribution in [2.45, 2.75) is 52.4 Å². The van der Waals surface area contributed by atoms with Crippen LogP contribution in [-0.4, -0.2) is 54.0 Å². The first-order chi connectivity index (χ1) is 17.8. The zero-order chi connectivity index (χ0) is 28.1. The molecular formula is C25H31F4N5O4. The minimum atomic E-state index is -4.69. The number of alkyl carbamates (subject to hydrolysis) is 2. The molecule has 1 aromatic heterocycles. The van der Waals surface area contributed by atoms with Crippen LogP contribution in [0, 0.1) is 11.7 Å². The van der Waals surface area contributed by atoms with Gasteiger partial charge < -0.3 is 25.0 Å². The van der Waals surface area contributed by atoms with E-state index in [9.17, 15) is 27.2 Å². The van der Waals surface area contributed by atoms with E-state index in [0.29, 0.717) is 43.5 Å². The van der Waals surface area contributed by atoms with Gasteiger partial charge in [-0.15, -0.1) is 0 Å². The zero-order valence-corrected chi connectivity index (χ0v) is 21.6. The lowest BCUT2D eigenvalue weighted by Crippen LogP contribution is -2.36. The fourth-order valence-corrected chi connectivity index (χ4v) is 3.88. The fraction of sp³-hybridized carbons (Fsp3) is 0.520. The maximum absolute atomic E-state index is 14.7. The molecule has 0 radical (unpaired) electrons. The van der Waals surface area contributed by atoms with E-state index in [1.54, 1.807) is 27.7 Å². The summed E-state index contributed by atoms with van der Waals surface area (Å²) in [5.74, 6) is -0.758. The van der Waals surface area contributed by atoms with Crippen molar-refractivity contribution >= 4 is 18.0 Å². The summed E-state index contributed by atoms with van der Waals surface area (Å²) in [4.78, 5) is 34.3. The van der Waals surface area contributed by atoms with Gasteiger partial charge in [-0.2, -0.15) is 13.2 Å². The number of carbonyl (C=O) groups is 2. The molecular weight excluding hydrogens is 510 g/mol. The van der Waals surface area contributed by atoms with Crippen LogP contribution in [0.25, 0.3) is 11.4 Å². The Bertz CT molecular complexity index is 1150. The van der Waals surface area contributed by atoms with E-state index in [4.69, 9.17) is 9.47 Å². The van der Waals surface area contributed by atoms with Gasteiger partial charge in [0.05, 0.1) is 24.3 Å². The lowest BCUT2D eigenvalue weighted by molar-refractivity contribution is -0.137. The van der Waals surface area contributed by atoms with Crippen molar-refractivity contribution in [1.82, 2.24) is 20.6 Å². The molecule has 2 aromatic rings. The second kappa shape index (κ2) is 11.8. The summed E-state index contributed by atoms with van der Waals surface area (Å²) >= 11 is 0. The molecule has 3 rings (SSSR count). The van der Waals surface area contributed by atoms with Gasteiger partial charge in [-0.1, -0.05) is 0 Å². The third-order valence-corrected chi connectivity index (χ3v) is 5.60. The van der Waals surface area contributed by atoms with Gasteiger partial charge in [0.25, 0.3) is 0 Å². The summed E-state index contributed by atoms with van der Waals surface area (Å²) in [5, 5.41) is 5.34. The number of ether oxygens (including phenoxy) is 2. The Labute approximate surface area is 217 Å². The van der Waals surface area contributed by atoms with Crippen molar-refractivity contribution in [3.63, 3.8) is 0 Å². The summed E-state index contributed by atoms with van der Waals surface area (Å²) in [6, 6.07) is 2.17. The van der Waals surface area contributed by atoms with E-state index >= 15 is 0 Å². The lowest BCUT2D eigenvalue weighted by Gasteiger charge is -2.22. The van der Waals surface area contributed by atoms with Gasteiger partial charge in [-0.25, -0.2) is 23.9 Å². The number of anilines is 1. The first-order valence-corrected chi connectivity index (χ1v) is 12.1. The summed E-state index contributed by atoms with van der Waals surface area (Å²) in [6.07, 6.45) is -3.76. The molecule has 0 aliphatic carbocycles. The number of aromatic nitrogens is 2. The highest BCUT2D eigenvalue weighted by atomic mass is 19.4. The molecule has 0 bridgehead atoms. The number of carbonyl (C=O) groups excluding carboxylic acids is 2. The topological polar surface area (TPSA) is 106 Å². The van der Waals surface area contributed by atoms with Crippen LogP contribution < -0.4 is 15.5 Å². The van der Waals surface area contributed by atoms with Crippen molar-refractivity contribution < 1.29 is 36.6 Å². The van der Waals surface area contributed by atoms with Crippen molar-refractivity contribution in [3.8, 4) is 11.4 Å². The smallest absolute Gasteiger partial charge is 0.416 e. The van der Waals surface area contributed by atoms with Crippen molar-refractivity contribution in [3.05, 3.63) is 41.3 Å². The third kappa shape index (κ3) is 7.93. The Morgan fingerprint density at radius 3 is 2.53 bits per heavy atom. The monoisotopic (exact) mass is 541 g/mol. The van der Waals surface area contributed by atoms with E-state index in [-0.39, 0.29) is 30.5 Å². The molecule has 1 fully saturated rings. The normalized spacial score (nSPS) is 15.8. The number of amides is 2. The zero-order valence-electron chi connectivity index (χ0n) is 21.6. The predicted molar refractivity (Wildman–Crippen MR) is 131 cm³/mol. The molecule has 9 nitrogen and oxygen atoms in total. The highest BCUT2D eigenvalue weighted by molar-refractivity contribution is 5.68. The predicted octanol–water partition coefficient (Wildman–Crippen LogP) is 4.90. The minimum absolute atomic E-state index is 0.0151. The highest BCUT2D eigenvalue weighted by Gasteiger charge is 2.32. The second-order valence-corrected chi connectivity index (χ2v) is 9.79. The van der Waals surface area contributed by atoms with Crippen LogP contribution in [0.15, 0.2) is 24.4 Å². The maximum atomic E-state index is 14.7. The van der Waals surface area contributed by atoms with E-state index in [2.05, 4.69) is 20.6 Å². The summed E-state index contributed by atoms with van der Waals surface area (Å²) in [6.45, 7) is 8.53. The number of hydrogen-bond acceptors (Lipinski definition) is 7.